The van der Waals surface area contributed by atoms with Crippen LogP contribution in [0, 0.1) is 32.9 Å². The number of nitrogens with one attached hydrogen (secondary N) is 1. The second-order valence-corrected chi connectivity index (χ2v) is 5.80. The fourth-order valence-corrected chi connectivity index (χ4v) is 1.48. The topological polar surface area (TPSA) is 90.1 Å². The second-order valence-electron chi connectivity index (χ2n) is 5.80. The average Bonchev–Trinajstić information content (AvgIpc) is 2.54. The van der Waals surface area contributed by atoms with E-state index in [1.807, 2.05) is 37.4 Å². The summed E-state index contributed by atoms with van der Waals surface area (Å²) in [6.45, 7) is 24.7. The normalized spacial score (nSPS) is 9.22. The summed E-state index contributed by atoms with van der Waals surface area (Å²) in [6, 6.07) is 7.98. The minimum atomic E-state index is 0. The number of rotatable bonds is 6. The van der Waals surface area contributed by atoms with Gasteiger partial charge in [0.25, 0.3) is 0 Å². The van der Waals surface area contributed by atoms with Crippen molar-refractivity contribution in [1.82, 2.24) is 5.32 Å². The summed E-state index contributed by atoms with van der Waals surface area (Å²) in [7, 11) is 0. The first kappa shape index (κ1) is 33.0. The molecule has 0 amide bonds. The Kier molecular flexibility index (Phi) is 29.7. The molecule has 1 unspecified atom stereocenters. The average molecular weight is 543 g/mol. The molecule has 27 heavy (non-hydrogen) atoms. The summed E-state index contributed by atoms with van der Waals surface area (Å²) in [4.78, 5) is 0. The molecule has 0 fully saturated rings. The number of benzene rings is 1. The molecule has 1 aromatic carbocycles. The molecule has 0 spiro atoms. The van der Waals surface area contributed by atoms with Gasteiger partial charge in [-0.05, 0) is 25.0 Å². The SMILES string of the molecule is C=C(N)NCCC.C=C(N)c1cccc(C)c1.C=[C-]N.[CH2-]CCC([CH2-])C.[W]. The molecular formula is C22H39N4W-3. The first-order valence-electron chi connectivity index (χ1n) is 8.70. The summed E-state index contributed by atoms with van der Waals surface area (Å²) in [6.07, 6.45) is 5.26. The molecule has 0 aliphatic rings. The number of hydrogen-bond donors (Lipinski definition) is 4. The molecule has 0 saturated carbocycles. The number of hydrogen-bond acceptors (Lipinski definition) is 4. The Labute approximate surface area is 182 Å². The first-order chi connectivity index (χ1) is 12.2. The van der Waals surface area contributed by atoms with Gasteiger partial charge in [0, 0.05) is 33.3 Å². The van der Waals surface area contributed by atoms with Crippen molar-refractivity contribution in [2.75, 3.05) is 6.54 Å². The van der Waals surface area contributed by atoms with Crippen LogP contribution in [0.1, 0.15) is 44.2 Å². The molecule has 1 aromatic rings. The van der Waals surface area contributed by atoms with Gasteiger partial charge in [0.05, 0.1) is 5.82 Å². The molecule has 0 aliphatic carbocycles. The maximum atomic E-state index is 5.49. The van der Waals surface area contributed by atoms with E-state index >= 15 is 0 Å². The van der Waals surface area contributed by atoms with Gasteiger partial charge in [0.15, 0.2) is 0 Å². The van der Waals surface area contributed by atoms with E-state index < -0.39 is 0 Å². The van der Waals surface area contributed by atoms with Crippen LogP contribution in [0.3, 0.4) is 0 Å². The van der Waals surface area contributed by atoms with Gasteiger partial charge in [-0.15, -0.1) is 6.42 Å². The van der Waals surface area contributed by atoms with Crippen LogP contribution in [0.2, 0.25) is 0 Å². The van der Waals surface area contributed by atoms with E-state index in [-0.39, 0.29) is 21.1 Å². The standard InChI is InChI=1S/C9H11N.C6H12.C5H12N2.C2H4N.W/c1-7-4-3-5-9(6-7)8(2)10;1-4-5-6(2)3;1-3-4-7-5(2)6;1-2-3;/h3-6H,2,10H2,1H3;6H,1-2,4-5H2,3H3;7H,2-4,6H2,1H3;1,3H2;/q;-2;;-1;. The predicted molar refractivity (Wildman–Crippen MR) is 118 cm³/mol. The Morgan fingerprint density at radius 3 is 2.00 bits per heavy atom. The zero-order valence-corrected chi connectivity index (χ0v) is 20.3. The van der Waals surface area contributed by atoms with E-state index in [9.17, 15) is 0 Å². The minimum absolute atomic E-state index is 0. The fraction of sp³-hybridized carbons (Fsp3) is 0.364. The van der Waals surface area contributed by atoms with E-state index in [2.05, 4.69) is 58.5 Å². The largest absolute Gasteiger partial charge is 0.580 e. The second kappa shape index (κ2) is 24.3. The molecule has 0 bridgehead atoms. The Balaban J connectivity index is -0.000000139. The van der Waals surface area contributed by atoms with Crippen molar-refractivity contribution >= 4 is 5.70 Å². The van der Waals surface area contributed by atoms with Crippen LogP contribution in [0.15, 0.2) is 49.8 Å². The van der Waals surface area contributed by atoms with Crippen molar-refractivity contribution in [1.29, 1.82) is 0 Å². The van der Waals surface area contributed by atoms with Crippen LogP contribution in [-0.2, 0) is 21.1 Å². The van der Waals surface area contributed by atoms with Gasteiger partial charge < -0.3 is 42.6 Å². The molecule has 1 atom stereocenters. The van der Waals surface area contributed by atoms with Crippen LogP contribution >= 0.6 is 0 Å². The van der Waals surface area contributed by atoms with Crippen LogP contribution in [0.5, 0.6) is 0 Å². The van der Waals surface area contributed by atoms with E-state index in [0.29, 0.717) is 17.4 Å². The van der Waals surface area contributed by atoms with Crippen molar-refractivity contribution in [3.8, 4) is 0 Å². The van der Waals surface area contributed by atoms with E-state index in [1.165, 1.54) is 5.56 Å². The van der Waals surface area contributed by atoms with Gasteiger partial charge >= 0.3 is 0 Å². The predicted octanol–water partition coefficient (Wildman–Crippen LogP) is 4.30. The summed E-state index contributed by atoms with van der Waals surface area (Å²) < 4.78 is 0. The maximum absolute atomic E-state index is 5.49. The van der Waals surface area contributed by atoms with E-state index in [1.54, 1.807) is 0 Å². The number of aryl methyl sites for hydroxylation is 1. The Bertz CT molecular complexity index is 485. The Morgan fingerprint density at radius 1 is 1.30 bits per heavy atom. The molecule has 0 aliphatic heterocycles. The third-order valence-electron chi connectivity index (χ3n) is 2.69. The van der Waals surface area contributed by atoms with Gasteiger partial charge in [-0.1, -0.05) is 50.8 Å². The van der Waals surface area contributed by atoms with Crippen LogP contribution in [0.25, 0.3) is 5.70 Å². The monoisotopic (exact) mass is 543 g/mol. The minimum Gasteiger partial charge on any atom is -0.580 e. The third kappa shape index (κ3) is 32.5. The molecular weight excluding hydrogens is 504 g/mol. The summed E-state index contributed by atoms with van der Waals surface area (Å²) in [5, 5.41) is 2.88. The quantitative estimate of drug-likeness (QED) is 0.318. The van der Waals surface area contributed by atoms with Gasteiger partial charge in [-0.3, -0.25) is 6.58 Å². The maximum Gasteiger partial charge on any atom is 0.0885 e. The first-order valence-corrected chi connectivity index (χ1v) is 8.70. The van der Waals surface area contributed by atoms with Crippen molar-refractivity contribution < 1.29 is 21.1 Å². The van der Waals surface area contributed by atoms with Crippen molar-refractivity contribution in [3.63, 3.8) is 0 Å². The van der Waals surface area contributed by atoms with Crippen molar-refractivity contribution in [2.24, 2.45) is 23.1 Å². The van der Waals surface area contributed by atoms with Gasteiger partial charge in [0.2, 0.25) is 0 Å². The van der Waals surface area contributed by atoms with Gasteiger partial charge in [-0.2, -0.15) is 12.3 Å². The molecule has 5 heteroatoms. The zero-order valence-electron chi connectivity index (χ0n) is 17.4. The molecule has 156 valence electrons. The summed E-state index contributed by atoms with van der Waals surface area (Å²) >= 11 is 0. The Morgan fingerprint density at radius 2 is 1.81 bits per heavy atom. The van der Waals surface area contributed by atoms with E-state index in [0.717, 1.165) is 31.4 Å². The van der Waals surface area contributed by atoms with Crippen LogP contribution in [0.4, 0.5) is 0 Å². The molecule has 4 nitrogen and oxygen atoms in total. The molecule has 0 aromatic heterocycles. The zero-order chi connectivity index (χ0) is 21.0. The van der Waals surface area contributed by atoms with E-state index in [4.69, 9.17) is 11.5 Å². The molecule has 0 radical (unpaired) electrons. The van der Waals surface area contributed by atoms with Crippen molar-refractivity contribution in [2.45, 2.75) is 40.0 Å². The van der Waals surface area contributed by atoms with Gasteiger partial charge in [0.1, 0.15) is 0 Å². The molecule has 1 rings (SSSR count). The summed E-state index contributed by atoms with van der Waals surface area (Å²) in [5.74, 6) is 1.14. The van der Waals surface area contributed by atoms with Crippen LogP contribution in [-0.4, -0.2) is 6.54 Å². The Hall–Kier alpha value is -1.67. The molecule has 0 heterocycles. The van der Waals surface area contributed by atoms with Gasteiger partial charge in [-0.25, -0.2) is 0 Å². The van der Waals surface area contributed by atoms with Crippen molar-refractivity contribution in [3.05, 3.63) is 81.0 Å². The summed E-state index contributed by atoms with van der Waals surface area (Å²) in [5.41, 5.74) is 18.0. The number of nitrogens with two attached hydrogens (primary N) is 3. The third-order valence-corrected chi connectivity index (χ3v) is 2.69. The molecule has 0 saturated heterocycles. The fourth-order valence-electron chi connectivity index (χ4n) is 1.48. The molecule has 7 N–H and O–H groups in total. The van der Waals surface area contributed by atoms with Crippen LogP contribution < -0.4 is 22.5 Å². The smallest absolute Gasteiger partial charge is 0.0885 e.